The minimum Gasteiger partial charge on any atom is -0.467 e. The highest BCUT2D eigenvalue weighted by Gasteiger charge is 2.57. The fraction of sp³-hybridized carbons (Fsp3) is 0.700. The Bertz CT molecular complexity index is 672. The molecule has 0 aromatic carbocycles. The lowest BCUT2D eigenvalue weighted by Gasteiger charge is -2.60. The molecule has 4 bridgehead atoms. The van der Waals surface area contributed by atoms with Crippen molar-refractivity contribution in [2.75, 3.05) is 0 Å². The zero-order valence-electron chi connectivity index (χ0n) is 15.1. The Labute approximate surface area is 162 Å². The van der Waals surface area contributed by atoms with E-state index in [4.69, 9.17) is 9.15 Å². The van der Waals surface area contributed by atoms with Crippen LogP contribution in [0.2, 0.25) is 0 Å². The van der Waals surface area contributed by atoms with Crippen LogP contribution in [-0.2, 0) is 20.9 Å². The van der Waals surface area contributed by atoms with Crippen molar-refractivity contribution in [3.63, 3.8) is 0 Å². The zero-order valence-corrected chi connectivity index (χ0v) is 16.7. The van der Waals surface area contributed by atoms with Crippen molar-refractivity contribution in [1.82, 2.24) is 5.32 Å². The van der Waals surface area contributed by atoms with Crippen LogP contribution in [0.4, 0.5) is 0 Å². The molecule has 1 N–H and O–H groups in total. The summed E-state index contributed by atoms with van der Waals surface area (Å²) in [6.45, 7) is 1.92. The van der Waals surface area contributed by atoms with Crippen LogP contribution in [-0.4, -0.2) is 22.3 Å². The second-order valence-corrected chi connectivity index (χ2v) is 10.4. The van der Waals surface area contributed by atoms with Crippen molar-refractivity contribution < 1.29 is 18.7 Å². The van der Waals surface area contributed by atoms with E-state index in [0.717, 1.165) is 31.1 Å². The molecular formula is C20H26BrNO4. The molecule has 0 aliphatic heterocycles. The van der Waals surface area contributed by atoms with E-state index in [1.807, 2.05) is 0 Å². The topological polar surface area (TPSA) is 68.5 Å². The van der Waals surface area contributed by atoms with Crippen LogP contribution in [0.15, 0.2) is 22.8 Å². The molecule has 26 heavy (non-hydrogen) atoms. The zero-order chi connectivity index (χ0) is 18.4. The van der Waals surface area contributed by atoms with Gasteiger partial charge in [0.2, 0.25) is 0 Å². The molecule has 1 heterocycles. The van der Waals surface area contributed by atoms with Gasteiger partial charge in [-0.05, 0) is 74.8 Å². The van der Waals surface area contributed by atoms with E-state index in [9.17, 15) is 9.59 Å². The third kappa shape index (κ3) is 3.71. The molecule has 4 saturated carbocycles. The second-order valence-electron chi connectivity index (χ2n) is 8.72. The van der Waals surface area contributed by atoms with E-state index >= 15 is 0 Å². The first-order valence-electron chi connectivity index (χ1n) is 9.53. The van der Waals surface area contributed by atoms with E-state index in [1.165, 1.54) is 19.3 Å². The number of alkyl halides is 1. The van der Waals surface area contributed by atoms with Gasteiger partial charge in [-0.2, -0.15) is 0 Å². The van der Waals surface area contributed by atoms with E-state index in [0.29, 0.717) is 18.7 Å². The van der Waals surface area contributed by atoms with Gasteiger partial charge < -0.3 is 14.5 Å². The summed E-state index contributed by atoms with van der Waals surface area (Å²) < 4.78 is 10.9. The summed E-state index contributed by atoms with van der Waals surface area (Å²) in [4.78, 5) is 24.7. The summed E-state index contributed by atoms with van der Waals surface area (Å²) in [5.41, 5.74) is 0.0645. The molecule has 5 nitrogen and oxygen atoms in total. The lowest BCUT2D eigenvalue weighted by molar-refractivity contribution is -0.160. The molecule has 4 fully saturated rings. The van der Waals surface area contributed by atoms with Crippen LogP contribution >= 0.6 is 15.9 Å². The summed E-state index contributed by atoms with van der Waals surface area (Å²) in [7, 11) is 0. The standard InChI is InChI=1S/C20H26BrNO4/c1-13(18(24)22-11-16-3-2-4-25-16)26-17(23)10-19-6-14-5-15(7-19)9-20(21,8-14)12-19/h2-4,13-15H,5-12H2,1H3,(H,22,24)/t13-,14-,15+,19?,20?/m1/s1. The molecule has 1 aromatic rings. The number of furan rings is 1. The number of carbonyl (C=O) groups excluding carboxylic acids is 2. The SMILES string of the molecule is C[C@@H](OC(=O)CC12C[C@@H]3C[C@@H](CC(Br)(C3)C1)C2)C(=O)NCc1ccco1. The number of rotatable bonds is 6. The summed E-state index contributed by atoms with van der Waals surface area (Å²) >= 11 is 3.97. The Hall–Kier alpha value is -1.30. The maximum atomic E-state index is 12.5. The van der Waals surface area contributed by atoms with Crippen molar-refractivity contribution in [3.05, 3.63) is 24.2 Å². The molecule has 142 valence electrons. The van der Waals surface area contributed by atoms with Gasteiger partial charge in [0.05, 0.1) is 19.2 Å². The summed E-state index contributed by atoms with van der Waals surface area (Å²) in [6.07, 6.45) is 8.32. The van der Waals surface area contributed by atoms with Crippen LogP contribution in [0, 0.1) is 17.3 Å². The third-order valence-corrected chi connectivity index (χ3v) is 7.25. The Morgan fingerprint density at radius 1 is 1.35 bits per heavy atom. The molecule has 4 aliphatic rings. The van der Waals surface area contributed by atoms with E-state index < -0.39 is 6.10 Å². The predicted molar refractivity (Wildman–Crippen MR) is 99.5 cm³/mol. The van der Waals surface area contributed by atoms with Crippen LogP contribution in [0.3, 0.4) is 0 Å². The molecule has 0 saturated heterocycles. The number of hydrogen-bond donors (Lipinski definition) is 1. The highest BCUT2D eigenvalue weighted by Crippen LogP contribution is 2.65. The van der Waals surface area contributed by atoms with Gasteiger partial charge in [0, 0.05) is 4.32 Å². The minimum absolute atomic E-state index is 0.0645. The van der Waals surface area contributed by atoms with Crippen molar-refractivity contribution in [2.24, 2.45) is 17.3 Å². The van der Waals surface area contributed by atoms with Gasteiger partial charge in [0.15, 0.2) is 6.10 Å². The lowest BCUT2D eigenvalue weighted by Crippen LogP contribution is -2.53. The van der Waals surface area contributed by atoms with E-state index in [2.05, 4.69) is 21.2 Å². The molecule has 6 heteroatoms. The number of hydrogen-bond acceptors (Lipinski definition) is 4. The first-order valence-corrected chi connectivity index (χ1v) is 10.3. The molecule has 4 aliphatic carbocycles. The van der Waals surface area contributed by atoms with Gasteiger partial charge in [0.1, 0.15) is 5.76 Å². The van der Waals surface area contributed by atoms with Crippen molar-refractivity contribution >= 4 is 27.8 Å². The Morgan fingerprint density at radius 2 is 2.08 bits per heavy atom. The first kappa shape index (κ1) is 18.1. The predicted octanol–water partition coefficient (Wildman–Crippen LogP) is 3.95. The Morgan fingerprint density at radius 3 is 2.69 bits per heavy atom. The highest BCUT2D eigenvalue weighted by atomic mass is 79.9. The van der Waals surface area contributed by atoms with Crippen LogP contribution in [0.5, 0.6) is 0 Å². The van der Waals surface area contributed by atoms with Gasteiger partial charge >= 0.3 is 5.97 Å². The Kier molecular flexibility index (Phi) is 4.66. The van der Waals surface area contributed by atoms with Crippen molar-refractivity contribution in [1.29, 1.82) is 0 Å². The Balaban J connectivity index is 1.30. The largest absolute Gasteiger partial charge is 0.467 e. The number of nitrogens with one attached hydrogen (secondary N) is 1. The monoisotopic (exact) mass is 423 g/mol. The number of carbonyl (C=O) groups is 2. The molecule has 1 amide bonds. The van der Waals surface area contributed by atoms with Gasteiger partial charge in [-0.3, -0.25) is 9.59 Å². The first-order chi connectivity index (χ1) is 12.3. The molecule has 5 atom stereocenters. The van der Waals surface area contributed by atoms with Gasteiger partial charge in [-0.25, -0.2) is 0 Å². The smallest absolute Gasteiger partial charge is 0.307 e. The highest BCUT2D eigenvalue weighted by molar-refractivity contribution is 9.10. The fourth-order valence-electron chi connectivity index (χ4n) is 5.87. The van der Waals surface area contributed by atoms with Crippen LogP contribution < -0.4 is 5.32 Å². The molecular weight excluding hydrogens is 398 g/mol. The third-order valence-electron chi connectivity index (χ3n) is 6.32. The average molecular weight is 424 g/mol. The minimum atomic E-state index is -0.788. The molecule has 0 spiro atoms. The summed E-state index contributed by atoms with van der Waals surface area (Å²) in [6, 6.07) is 3.56. The normalized spacial score (nSPS) is 35.9. The average Bonchev–Trinajstić information content (AvgIpc) is 3.02. The van der Waals surface area contributed by atoms with Crippen molar-refractivity contribution in [2.45, 2.75) is 68.8 Å². The van der Waals surface area contributed by atoms with E-state index in [1.54, 1.807) is 25.3 Å². The van der Waals surface area contributed by atoms with Crippen LogP contribution in [0.25, 0.3) is 0 Å². The molecule has 0 radical (unpaired) electrons. The van der Waals surface area contributed by atoms with E-state index in [-0.39, 0.29) is 21.6 Å². The van der Waals surface area contributed by atoms with Crippen LogP contribution in [0.1, 0.15) is 57.6 Å². The summed E-state index contributed by atoms with van der Waals surface area (Å²) in [5.74, 6) is 1.60. The molecule has 5 rings (SSSR count). The molecule has 1 aromatic heterocycles. The van der Waals surface area contributed by atoms with Gasteiger partial charge in [-0.15, -0.1) is 0 Å². The number of halogens is 1. The lowest BCUT2D eigenvalue weighted by atomic mass is 9.49. The second kappa shape index (κ2) is 6.70. The summed E-state index contributed by atoms with van der Waals surface area (Å²) in [5, 5.41) is 2.74. The fourth-order valence-corrected chi connectivity index (χ4v) is 7.38. The number of ether oxygens (including phenoxy) is 1. The van der Waals surface area contributed by atoms with Gasteiger partial charge in [-0.1, -0.05) is 15.9 Å². The maximum absolute atomic E-state index is 12.5. The number of esters is 1. The maximum Gasteiger partial charge on any atom is 0.307 e. The van der Waals surface area contributed by atoms with Crippen molar-refractivity contribution in [3.8, 4) is 0 Å². The quantitative estimate of drug-likeness (QED) is 0.555. The molecule has 2 unspecified atom stereocenters. The van der Waals surface area contributed by atoms with Gasteiger partial charge in [0.25, 0.3) is 5.91 Å². The number of amides is 1.